The predicted molar refractivity (Wildman–Crippen MR) is 140 cm³/mol. The van der Waals surface area contributed by atoms with Gasteiger partial charge in [0.1, 0.15) is 0 Å². The van der Waals surface area contributed by atoms with E-state index in [9.17, 15) is 18.0 Å². The van der Waals surface area contributed by atoms with Gasteiger partial charge in [0, 0.05) is 45.0 Å². The van der Waals surface area contributed by atoms with E-state index < -0.39 is 22.0 Å². The van der Waals surface area contributed by atoms with Crippen molar-refractivity contribution in [2.45, 2.75) is 37.8 Å². The van der Waals surface area contributed by atoms with Crippen LogP contribution in [0, 0.1) is 6.92 Å². The molecule has 0 unspecified atom stereocenters. The summed E-state index contributed by atoms with van der Waals surface area (Å²) in [4.78, 5) is 30.0. The molecule has 0 bridgehead atoms. The van der Waals surface area contributed by atoms with E-state index in [1.165, 1.54) is 9.21 Å². The van der Waals surface area contributed by atoms with Crippen LogP contribution in [0.15, 0.2) is 70.8 Å². The van der Waals surface area contributed by atoms with Gasteiger partial charge in [0.15, 0.2) is 0 Å². The molecule has 0 radical (unpaired) electrons. The first kappa shape index (κ1) is 26.8. The maximum absolute atomic E-state index is 13.2. The standard InChI is InChI=1S/C27H34N4O5S/c1-5-36-26(32)24-23(29(4)27(33)28-25(24)22-14-10-9-11-19(22)2)18-30-15-16-31(20(3)17-30)37(34,35)21-12-7-6-8-13-21/h6-14,20,25H,5,15-18H2,1-4H3,(H,28,33)/t20-,25-/m0/s1. The third-order valence-corrected chi connectivity index (χ3v) is 8.97. The highest BCUT2D eigenvalue weighted by molar-refractivity contribution is 7.89. The van der Waals surface area contributed by atoms with Crippen molar-refractivity contribution in [3.05, 3.63) is 77.0 Å². The molecule has 2 heterocycles. The molecular formula is C27H34N4O5S. The molecule has 37 heavy (non-hydrogen) atoms. The van der Waals surface area contributed by atoms with Crippen molar-refractivity contribution in [3.8, 4) is 0 Å². The van der Waals surface area contributed by atoms with Crippen molar-refractivity contribution < 1.29 is 22.7 Å². The van der Waals surface area contributed by atoms with E-state index >= 15 is 0 Å². The fraction of sp³-hybridized carbons (Fsp3) is 0.407. The molecule has 0 spiro atoms. The number of aryl methyl sites for hydroxylation is 1. The Kier molecular flexibility index (Phi) is 8.01. The summed E-state index contributed by atoms with van der Waals surface area (Å²) in [6.45, 7) is 7.30. The minimum Gasteiger partial charge on any atom is -0.463 e. The second-order valence-electron chi connectivity index (χ2n) is 9.39. The number of hydrogen-bond donors (Lipinski definition) is 1. The van der Waals surface area contributed by atoms with Gasteiger partial charge in [-0.05, 0) is 44.0 Å². The summed E-state index contributed by atoms with van der Waals surface area (Å²) < 4.78 is 33.4. The van der Waals surface area contributed by atoms with Crippen LogP contribution in [0.1, 0.15) is 31.0 Å². The summed E-state index contributed by atoms with van der Waals surface area (Å²) in [6.07, 6.45) is 0. The molecule has 9 nitrogen and oxygen atoms in total. The number of hydrogen-bond acceptors (Lipinski definition) is 6. The molecule has 0 saturated carbocycles. The van der Waals surface area contributed by atoms with Crippen LogP contribution in [0.4, 0.5) is 4.79 Å². The Bertz CT molecular complexity index is 1290. The monoisotopic (exact) mass is 526 g/mol. The number of sulfonamides is 1. The number of nitrogens with one attached hydrogen (secondary N) is 1. The van der Waals surface area contributed by atoms with Crippen molar-refractivity contribution in [1.82, 2.24) is 19.4 Å². The zero-order chi connectivity index (χ0) is 26.7. The summed E-state index contributed by atoms with van der Waals surface area (Å²) in [5, 5.41) is 2.96. The van der Waals surface area contributed by atoms with Crippen LogP contribution in [0.3, 0.4) is 0 Å². The van der Waals surface area contributed by atoms with Gasteiger partial charge in [-0.3, -0.25) is 9.80 Å². The Morgan fingerprint density at radius 2 is 1.76 bits per heavy atom. The van der Waals surface area contributed by atoms with Crippen LogP contribution >= 0.6 is 0 Å². The van der Waals surface area contributed by atoms with Crippen LogP contribution in [-0.2, 0) is 19.6 Å². The SMILES string of the molecule is CCOC(=O)C1=C(CN2CCN(S(=O)(=O)c3ccccc3)[C@@H](C)C2)N(C)C(=O)N[C@H]1c1ccccc1C. The topological polar surface area (TPSA) is 99.3 Å². The first-order valence-corrected chi connectivity index (χ1v) is 13.9. The average Bonchev–Trinajstić information content (AvgIpc) is 2.87. The van der Waals surface area contributed by atoms with Crippen molar-refractivity contribution in [2.75, 3.05) is 39.8 Å². The number of benzene rings is 2. The molecule has 198 valence electrons. The lowest BCUT2D eigenvalue weighted by Crippen LogP contribution is -2.56. The number of carbonyl (C=O) groups is 2. The Morgan fingerprint density at radius 1 is 1.08 bits per heavy atom. The van der Waals surface area contributed by atoms with E-state index in [-0.39, 0.29) is 23.6 Å². The van der Waals surface area contributed by atoms with E-state index in [0.29, 0.717) is 37.4 Å². The number of rotatable bonds is 7. The summed E-state index contributed by atoms with van der Waals surface area (Å²) >= 11 is 0. The number of amides is 2. The van der Waals surface area contributed by atoms with Gasteiger partial charge >= 0.3 is 12.0 Å². The molecule has 2 aromatic rings. The summed E-state index contributed by atoms with van der Waals surface area (Å²) in [6, 6.07) is 14.8. The second kappa shape index (κ2) is 11.0. The smallest absolute Gasteiger partial charge is 0.338 e. The highest BCUT2D eigenvalue weighted by Crippen LogP contribution is 2.33. The van der Waals surface area contributed by atoms with Crippen LogP contribution in [0.25, 0.3) is 0 Å². The van der Waals surface area contributed by atoms with Gasteiger partial charge in [-0.25, -0.2) is 18.0 Å². The lowest BCUT2D eigenvalue weighted by molar-refractivity contribution is -0.139. The van der Waals surface area contributed by atoms with Crippen molar-refractivity contribution in [2.24, 2.45) is 0 Å². The summed E-state index contributed by atoms with van der Waals surface area (Å²) in [5.74, 6) is -0.476. The minimum absolute atomic E-state index is 0.209. The Balaban J connectivity index is 1.64. The molecule has 2 aromatic carbocycles. The Labute approximate surface area is 218 Å². The Morgan fingerprint density at radius 3 is 2.41 bits per heavy atom. The number of urea groups is 1. The summed E-state index contributed by atoms with van der Waals surface area (Å²) in [5.41, 5.74) is 2.73. The van der Waals surface area contributed by atoms with Gasteiger partial charge in [-0.15, -0.1) is 0 Å². The molecule has 2 atom stereocenters. The maximum Gasteiger partial charge on any atom is 0.338 e. The highest BCUT2D eigenvalue weighted by Gasteiger charge is 2.39. The molecule has 1 N–H and O–H groups in total. The Hall–Kier alpha value is -3.21. The first-order chi connectivity index (χ1) is 17.6. The van der Waals surface area contributed by atoms with E-state index in [1.807, 2.05) is 38.1 Å². The maximum atomic E-state index is 13.2. The number of carbonyl (C=O) groups excluding carboxylic acids is 2. The molecular weight excluding hydrogens is 492 g/mol. The largest absolute Gasteiger partial charge is 0.463 e. The number of nitrogens with zero attached hydrogens (tertiary/aromatic N) is 3. The number of piperazine rings is 1. The van der Waals surface area contributed by atoms with Gasteiger partial charge < -0.3 is 10.1 Å². The molecule has 0 aromatic heterocycles. The fourth-order valence-electron chi connectivity index (χ4n) is 5.00. The number of likely N-dealkylation sites (N-methyl/N-ethyl adjacent to an activating group) is 1. The van der Waals surface area contributed by atoms with E-state index in [0.717, 1.165) is 11.1 Å². The van der Waals surface area contributed by atoms with Crippen LogP contribution in [0.5, 0.6) is 0 Å². The third kappa shape index (κ3) is 5.41. The molecule has 2 amide bonds. The van der Waals surface area contributed by atoms with Crippen LogP contribution < -0.4 is 5.32 Å². The lowest BCUT2D eigenvalue weighted by atomic mass is 9.91. The van der Waals surface area contributed by atoms with Crippen LogP contribution in [-0.4, -0.2) is 80.4 Å². The fourth-order valence-corrected chi connectivity index (χ4v) is 6.63. The third-order valence-electron chi connectivity index (χ3n) is 6.95. The second-order valence-corrected chi connectivity index (χ2v) is 11.3. The summed E-state index contributed by atoms with van der Waals surface area (Å²) in [7, 11) is -1.99. The molecule has 2 aliphatic rings. The van der Waals surface area contributed by atoms with Crippen molar-refractivity contribution in [3.63, 3.8) is 0 Å². The average molecular weight is 527 g/mol. The normalized spacial score (nSPS) is 21.6. The quantitative estimate of drug-likeness (QED) is 0.557. The van der Waals surface area contributed by atoms with Gasteiger partial charge in [0.25, 0.3) is 0 Å². The first-order valence-electron chi connectivity index (χ1n) is 12.4. The number of esters is 1. The van der Waals surface area contributed by atoms with Gasteiger partial charge in [-0.2, -0.15) is 4.31 Å². The molecule has 0 aliphatic carbocycles. The molecule has 10 heteroatoms. The zero-order valence-corrected chi connectivity index (χ0v) is 22.5. The molecule has 1 saturated heterocycles. The molecule has 1 fully saturated rings. The molecule has 2 aliphatic heterocycles. The van der Waals surface area contributed by atoms with Gasteiger partial charge in [0.05, 0.1) is 23.1 Å². The van der Waals surface area contributed by atoms with E-state index in [4.69, 9.17) is 4.74 Å². The minimum atomic E-state index is -3.62. The zero-order valence-electron chi connectivity index (χ0n) is 21.7. The van der Waals surface area contributed by atoms with Crippen molar-refractivity contribution in [1.29, 1.82) is 0 Å². The van der Waals surface area contributed by atoms with Gasteiger partial charge in [-0.1, -0.05) is 42.5 Å². The highest BCUT2D eigenvalue weighted by atomic mass is 32.2. The predicted octanol–water partition coefficient (Wildman–Crippen LogP) is 2.90. The van der Waals surface area contributed by atoms with Crippen molar-refractivity contribution >= 4 is 22.0 Å². The van der Waals surface area contributed by atoms with Crippen LogP contribution in [0.2, 0.25) is 0 Å². The van der Waals surface area contributed by atoms with Gasteiger partial charge in [0.2, 0.25) is 10.0 Å². The van der Waals surface area contributed by atoms with E-state index in [1.54, 1.807) is 44.3 Å². The van der Waals surface area contributed by atoms with E-state index in [2.05, 4.69) is 10.2 Å². The number of ether oxygens (including phenoxy) is 1. The molecule has 4 rings (SSSR count). The lowest BCUT2D eigenvalue weighted by Gasteiger charge is -2.41.